The molecule has 176 valence electrons. The van der Waals surface area contributed by atoms with E-state index in [4.69, 9.17) is 4.74 Å². The molecule has 1 N–H and O–H groups in total. The van der Waals surface area contributed by atoms with Gasteiger partial charge in [-0.15, -0.1) is 0 Å². The molecule has 2 aliphatic rings. The number of carbonyl (C=O) groups excluding carboxylic acids is 2. The van der Waals surface area contributed by atoms with Crippen LogP contribution in [0, 0.1) is 11.7 Å². The molecule has 2 heterocycles. The molecule has 0 aromatic heterocycles. The third-order valence-corrected chi connectivity index (χ3v) is 6.73. The lowest BCUT2D eigenvalue weighted by atomic mass is 9.91. The molecule has 34 heavy (non-hydrogen) atoms. The number of carbonyl (C=O) groups is 2. The average Bonchev–Trinajstić information content (AvgIpc) is 2.85. The maximum atomic E-state index is 13.1. The minimum Gasteiger partial charge on any atom is -0.491 e. The zero-order chi connectivity index (χ0) is 23.7. The molecule has 1 saturated heterocycles. The van der Waals surface area contributed by atoms with Crippen LogP contribution in [0.1, 0.15) is 33.6 Å². The fraction of sp³-hybridized carbons (Fsp3) is 0.333. The van der Waals surface area contributed by atoms with Crippen molar-refractivity contribution in [2.75, 3.05) is 32.8 Å². The number of β-amino-alcohol motifs (C(OH)–C–C–N with tert-alkyl or cyclic N) is 1. The van der Waals surface area contributed by atoms with Gasteiger partial charge in [-0.05, 0) is 73.6 Å². The Hall–Kier alpha value is -3.29. The van der Waals surface area contributed by atoms with Gasteiger partial charge in [0.25, 0.3) is 11.8 Å². The zero-order valence-corrected chi connectivity index (χ0v) is 18.8. The maximum absolute atomic E-state index is 13.1. The highest BCUT2D eigenvalue weighted by atomic mass is 19.1. The summed E-state index contributed by atoms with van der Waals surface area (Å²) < 4.78 is 18.5. The lowest BCUT2D eigenvalue weighted by Gasteiger charge is -2.36. The molecule has 3 aromatic carbocycles. The second kappa shape index (κ2) is 9.52. The van der Waals surface area contributed by atoms with E-state index in [2.05, 4.69) is 4.90 Å². The number of hydrogen-bond acceptors (Lipinski definition) is 5. The fourth-order valence-electron chi connectivity index (χ4n) is 4.93. The molecule has 0 aliphatic carbocycles. The Morgan fingerprint density at radius 1 is 0.941 bits per heavy atom. The van der Waals surface area contributed by atoms with Crippen molar-refractivity contribution in [2.45, 2.75) is 18.9 Å². The molecule has 0 saturated carbocycles. The van der Waals surface area contributed by atoms with Crippen LogP contribution in [-0.2, 0) is 0 Å². The van der Waals surface area contributed by atoms with Crippen molar-refractivity contribution in [2.24, 2.45) is 5.92 Å². The Kier molecular flexibility index (Phi) is 6.30. The summed E-state index contributed by atoms with van der Waals surface area (Å²) in [6.07, 6.45) is 1.02. The van der Waals surface area contributed by atoms with Crippen LogP contribution in [0.2, 0.25) is 0 Å². The predicted molar refractivity (Wildman–Crippen MR) is 126 cm³/mol. The van der Waals surface area contributed by atoms with Gasteiger partial charge >= 0.3 is 0 Å². The Labute approximate surface area is 197 Å². The number of hydrogen-bond donors (Lipinski definition) is 1. The lowest BCUT2D eigenvalue weighted by Crippen LogP contribution is -2.46. The van der Waals surface area contributed by atoms with Crippen molar-refractivity contribution < 1.29 is 23.8 Å². The molecule has 2 amide bonds. The molecule has 0 unspecified atom stereocenters. The summed E-state index contributed by atoms with van der Waals surface area (Å²) in [5.41, 5.74) is 1.18. The maximum Gasteiger partial charge on any atom is 0.261 e. The Morgan fingerprint density at radius 3 is 2.18 bits per heavy atom. The molecule has 0 spiro atoms. The molecule has 1 atom stereocenters. The molecule has 3 aromatic rings. The number of halogens is 1. The molecule has 2 aliphatic heterocycles. The molecule has 7 heteroatoms. The number of nitrogens with zero attached hydrogens (tertiary/aromatic N) is 2. The summed E-state index contributed by atoms with van der Waals surface area (Å²) in [5, 5.41) is 12.0. The van der Waals surface area contributed by atoms with Crippen LogP contribution >= 0.6 is 0 Å². The van der Waals surface area contributed by atoms with Gasteiger partial charge in [0.05, 0.1) is 0 Å². The summed E-state index contributed by atoms with van der Waals surface area (Å²) in [5.74, 6) is -0.0197. The van der Waals surface area contributed by atoms with Crippen LogP contribution in [0.4, 0.5) is 4.39 Å². The van der Waals surface area contributed by atoms with E-state index in [0.29, 0.717) is 30.0 Å². The summed E-state index contributed by atoms with van der Waals surface area (Å²) in [6, 6.07) is 16.9. The average molecular weight is 463 g/mol. The highest BCUT2D eigenvalue weighted by Crippen LogP contribution is 2.31. The first kappa shape index (κ1) is 22.5. The second-order valence-electron chi connectivity index (χ2n) is 9.09. The van der Waals surface area contributed by atoms with Crippen LogP contribution in [0.3, 0.4) is 0 Å². The normalized spacial score (nSPS) is 17.9. The number of rotatable bonds is 7. The third-order valence-electron chi connectivity index (χ3n) is 6.73. The van der Waals surface area contributed by atoms with Gasteiger partial charge in [-0.3, -0.25) is 14.5 Å². The topological polar surface area (TPSA) is 70.1 Å². The van der Waals surface area contributed by atoms with Crippen LogP contribution in [0.15, 0.2) is 60.7 Å². The van der Waals surface area contributed by atoms with Crippen LogP contribution in [0.5, 0.6) is 5.75 Å². The van der Waals surface area contributed by atoms with Crippen LogP contribution < -0.4 is 4.74 Å². The molecule has 0 bridgehead atoms. The molecular formula is C27H27FN2O4. The Morgan fingerprint density at radius 2 is 1.56 bits per heavy atom. The van der Waals surface area contributed by atoms with E-state index < -0.39 is 6.10 Å². The second-order valence-corrected chi connectivity index (χ2v) is 9.09. The van der Waals surface area contributed by atoms with Gasteiger partial charge in [0, 0.05) is 29.6 Å². The number of ether oxygens (including phenoxy) is 1. The minimum atomic E-state index is -0.663. The molecular weight excluding hydrogens is 435 g/mol. The first-order valence-electron chi connectivity index (χ1n) is 11.7. The highest BCUT2D eigenvalue weighted by Gasteiger charge is 2.34. The molecule has 1 fully saturated rings. The van der Waals surface area contributed by atoms with Gasteiger partial charge in [0.15, 0.2) is 0 Å². The van der Waals surface area contributed by atoms with Gasteiger partial charge < -0.3 is 14.7 Å². The fourth-order valence-corrected chi connectivity index (χ4v) is 4.93. The zero-order valence-electron chi connectivity index (χ0n) is 18.8. The van der Waals surface area contributed by atoms with Crippen molar-refractivity contribution in [3.8, 4) is 5.75 Å². The molecule has 0 radical (unpaired) electrons. The monoisotopic (exact) mass is 462 g/mol. The first-order valence-corrected chi connectivity index (χ1v) is 11.7. The number of amides is 2. The summed E-state index contributed by atoms with van der Waals surface area (Å²) in [4.78, 5) is 29.8. The van der Waals surface area contributed by atoms with E-state index in [-0.39, 0.29) is 30.2 Å². The smallest absolute Gasteiger partial charge is 0.261 e. The SMILES string of the molecule is O=C1c2cccc3cccc(c23)C(=O)N1CC1CCN(C[C@H](O)COc2ccc(F)cc2)CC1. The summed E-state index contributed by atoms with van der Waals surface area (Å²) in [7, 11) is 0. The number of likely N-dealkylation sites (tertiary alicyclic amines) is 1. The quantitative estimate of drug-likeness (QED) is 0.542. The Balaban J connectivity index is 1.14. The van der Waals surface area contributed by atoms with Gasteiger partial charge in [0.1, 0.15) is 24.3 Å². The standard InChI is InChI=1S/C27H27FN2O4/c28-20-7-9-22(10-8-20)34-17-21(31)16-29-13-11-18(12-14-29)15-30-26(32)23-5-1-3-19-4-2-6-24(25(19)23)27(30)33/h1-10,18,21,31H,11-17H2/t21-/m0/s1. The number of imide groups is 1. The van der Waals surface area contributed by atoms with Crippen molar-refractivity contribution in [3.63, 3.8) is 0 Å². The number of piperidine rings is 1. The number of aliphatic hydroxyl groups excluding tert-OH is 1. The first-order chi connectivity index (χ1) is 16.5. The van der Waals surface area contributed by atoms with Gasteiger partial charge in [0.2, 0.25) is 0 Å². The largest absolute Gasteiger partial charge is 0.491 e. The van der Waals surface area contributed by atoms with Crippen molar-refractivity contribution in [1.29, 1.82) is 0 Å². The third kappa shape index (κ3) is 4.54. The van der Waals surface area contributed by atoms with Crippen molar-refractivity contribution in [3.05, 3.63) is 77.6 Å². The van der Waals surface area contributed by atoms with Crippen LogP contribution in [0.25, 0.3) is 10.8 Å². The number of aliphatic hydroxyl groups is 1. The van der Waals surface area contributed by atoms with Crippen LogP contribution in [-0.4, -0.2) is 65.6 Å². The Bertz CT molecular complexity index is 1150. The van der Waals surface area contributed by atoms with E-state index in [0.717, 1.165) is 36.7 Å². The lowest BCUT2D eigenvalue weighted by molar-refractivity contribution is 0.0453. The van der Waals surface area contributed by atoms with E-state index in [9.17, 15) is 19.1 Å². The summed E-state index contributed by atoms with van der Waals surface area (Å²) in [6.45, 7) is 2.58. The van der Waals surface area contributed by atoms with E-state index in [1.807, 2.05) is 24.3 Å². The molecule has 5 rings (SSSR count). The van der Waals surface area contributed by atoms with Gasteiger partial charge in [-0.25, -0.2) is 4.39 Å². The van der Waals surface area contributed by atoms with E-state index in [1.165, 1.54) is 29.2 Å². The minimum absolute atomic E-state index is 0.132. The summed E-state index contributed by atoms with van der Waals surface area (Å²) >= 11 is 0. The van der Waals surface area contributed by atoms with Gasteiger partial charge in [-0.2, -0.15) is 0 Å². The van der Waals surface area contributed by atoms with E-state index >= 15 is 0 Å². The predicted octanol–water partition coefficient (Wildman–Crippen LogP) is 3.73. The molecule has 6 nitrogen and oxygen atoms in total. The van der Waals surface area contributed by atoms with Gasteiger partial charge in [-0.1, -0.05) is 24.3 Å². The van der Waals surface area contributed by atoms with Crippen molar-refractivity contribution in [1.82, 2.24) is 9.80 Å². The van der Waals surface area contributed by atoms with Crippen molar-refractivity contribution >= 4 is 22.6 Å². The highest BCUT2D eigenvalue weighted by molar-refractivity contribution is 6.25. The van der Waals surface area contributed by atoms with E-state index in [1.54, 1.807) is 12.1 Å². The number of benzene rings is 3.